The number of oxime groups is 1. The number of rotatable bonds is 4. The number of hydrogen-bond acceptors (Lipinski definition) is 6. The van der Waals surface area contributed by atoms with Crippen molar-refractivity contribution in [1.82, 2.24) is 4.98 Å². The van der Waals surface area contributed by atoms with Crippen molar-refractivity contribution in [3.8, 4) is 0 Å². The first-order chi connectivity index (χ1) is 11.3. The number of nitrogens with zero attached hydrogens (tertiary/aromatic N) is 2. The molecular weight excluding hydrogens is 314 g/mol. The Labute approximate surface area is 138 Å². The zero-order chi connectivity index (χ0) is 16.1. The predicted molar refractivity (Wildman–Crippen MR) is 88.8 cm³/mol. The Bertz CT molecular complexity index is 713. The molecule has 3 rings (SSSR count). The van der Waals surface area contributed by atoms with Crippen LogP contribution in [0.3, 0.4) is 0 Å². The van der Waals surface area contributed by atoms with Gasteiger partial charge >= 0.3 is 6.09 Å². The largest absolute Gasteiger partial charge is 0.444 e. The Morgan fingerprint density at radius 3 is 2.96 bits per heavy atom. The lowest BCUT2D eigenvalue weighted by Crippen LogP contribution is -2.13. The molecule has 1 aromatic carbocycles. The van der Waals surface area contributed by atoms with E-state index in [1.807, 2.05) is 30.3 Å². The number of aromatic nitrogens is 1. The van der Waals surface area contributed by atoms with Crippen LogP contribution < -0.4 is 5.32 Å². The lowest BCUT2D eigenvalue weighted by atomic mass is 10.0. The topological polar surface area (TPSA) is 72.8 Å². The highest BCUT2D eigenvalue weighted by molar-refractivity contribution is 7.17. The Balaban J connectivity index is 1.62. The van der Waals surface area contributed by atoms with Crippen molar-refractivity contribution in [3.63, 3.8) is 0 Å². The first kappa shape index (κ1) is 15.5. The molecule has 1 aliphatic carbocycles. The van der Waals surface area contributed by atoms with Crippen LogP contribution in [0.4, 0.5) is 9.93 Å². The smallest absolute Gasteiger partial charge is 0.413 e. The van der Waals surface area contributed by atoms with E-state index in [1.54, 1.807) is 0 Å². The lowest BCUT2D eigenvalue weighted by Gasteiger charge is -2.10. The van der Waals surface area contributed by atoms with E-state index in [1.165, 1.54) is 18.4 Å². The molecule has 1 aromatic heterocycles. The van der Waals surface area contributed by atoms with Crippen LogP contribution in [0.5, 0.6) is 0 Å². The minimum atomic E-state index is -0.509. The fourth-order valence-electron chi connectivity index (χ4n) is 2.38. The molecule has 7 heteroatoms. The number of benzene rings is 1. The number of ether oxygens (including phenoxy) is 1. The SMILES string of the molecule is CO/N=C1\CCCc2nc(NC(=O)OCc3ccccc3)sc21. The van der Waals surface area contributed by atoms with Gasteiger partial charge in [-0.05, 0) is 24.8 Å². The summed E-state index contributed by atoms with van der Waals surface area (Å²) in [6.45, 7) is 0.230. The second-order valence-corrected chi connectivity index (χ2v) is 6.05. The van der Waals surface area contributed by atoms with Crippen LogP contribution in [-0.2, 0) is 22.6 Å². The van der Waals surface area contributed by atoms with E-state index in [4.69, 9.17) is 9.57 Å². The first-order valence-electron chi connectivity index (χ1n) is 7.34. The third-order valence-electron chi connectivity index (χ3n) is 3.41. The number of anilines is 1. The Morgan fingerprint density at radius 1 is 1.35 bits per heavy atom. The van der Waals surface area contributed by atoms with Crippen LogP contribution in [0.25, 0.3) is 0 Å². The molecule has 1 aliphatic rings. The van der Waals surface area contributed by atoms with E-state index in [0.717, 1.165) is 41.1 Å². The number of nitrogens with one attached hydrogen (secondary N) is 1. The molecule has 0 saturated heterocycles. The molecule has 1 heterocycles. The maximum atomic E-state index is 11.9. The molecule has 120 valence electrons. The summed E-state index contributed by atoms with van der Waals surface area (Å²) in [5.41, 5.74) is 2.78. The maximum absolute atomic E-state index is 11.9. The average molecular weight is 331 g/mol. The van der Waals surface area contributed by atoms with Gasteiger partial charge in [-0.25, -0.2) is 9.78 Å². The van der Waals surface area contributed by atoms with Crippen LogP contribution in [0.15, 0.2) is 35.5 Å². The van der Waals surface area contributed by atoms with Gasteiger partial charge in [0.25, 0.3) is 0 Å². The van der Waals surface area contributed by atoms with Crippen LogP contribution in [0.1, 0.15) is 29.0 Å². The van der Waals surface area contributed by atoms with E-state index in [0.29, 0.717) is 5.13 Å². The molecule has 6 nitrogen and oxygen atoms in total. The third kappa shape index (κ3) is 3.87. The van der Waals surface area contributed by atoms with E-state index in [9.17, 15) is 4.79 Å². The highest BCUT2D eigenvalue weighted by Gasteiger charge is 2.22. The van der Waals surface area contributed by atoms with Crippen molar-refractivity contribution in [2.75, 3.05) is 12.4 Å². The molecule has 0 aliphatic heterocycles. The van der Waals surface area contributed by atoms with E-state index >= 15 is 0 Å². The molecule has 0 saturated carbocycles. The van der Waals surface area contributed by atoms with Gasteiger partial charge in [0.05, 0.1) is 16.3 Å². The number of thiazole rings is 1. The first-order valence-corrected chi connectivity index (χ1v) is 8.15. The monoisotopic (exact) mass is 331 g/mol. The van der Waals surface area contributed by atoms with E-state index in [-0.39, 0.29) is 6.61 Å². The molecule has 0 unspecified atom stereocenters. The Morgan fingerprint density at radius 2 is 2.17 bits per heavy atom. The molecule has 0 spiro atoms. The molecule has 1 amide bonds. The number of aryl methyl sites for hydroxylation is 1. The summed E-state index contributed by atoms with van der Waals surface area (Å²) in [5.74, 6) is 0. The maximum Gasteiger partial charge on any atom is 0.413 e. The quantitative estimate of drug-likeness (QED) is 0.869. The van der Waals surface area contributed by atoms with Crippen molar-refractivity contribution in [2.24, 2.45) is 5.16 Å². The highest BCUT2D eigenvalue weighted by atomic mass is 32.1. The molecule has 2 aromatic rings. The van der Waals surface area contributed by atoms with Gasteiger partial charge in [-0.15, -0.1) is 0 Å². The van der Waals surface area contributed by atoms with Gasteiger partial charge in [-0.2, -0.15) is 0 Å². The number of fused-ring (bicyclic) bond motifs is 1. The Kier molecular flexibility index (Phi) is 4.87. The summed E-state index contributed by atoms with van der Waals surface area (Å²) in [7, 11) is 1.53. The van der Waals surface area contributed by atoms with Crippen LogP contribution in [0.2, 0.25) is 0 Å². The minimum absolute atomic E-state index is 0.230. The average Bonchev–Trinajstić information content (AvgIpc) is 2.97. The second-order valence-electron chi connectivity index (χ2n) is 5.06. The normalized spacial score (nSPS) is 15.1. The standard InChI is InChI=1S/C16H17N3O3S/c1-21-19-13-9-5-8-12-14(13)23-15(17-12)18-16(20)22-10-11-6-3-2-4-7-11/h2-4,6-7H,5,8-10H2,1H3,(H,17,18,20)/b19-13+. The van der Waals surface area contributed by atoms with Gasteiger partial charge < -0.3 is 9.57 Å². The van der Waals surface area contributed by atoms with Crippen molar-refractivity contribution in [3.05, 3.63) is 46.5 Å². The molecule has 23 heavy (non-hydrogen) atoms. The zero-order valence-electron chi connectivity index (χ0n) is 12.7. The van der Waals surface area contributed by atoms with Crippen LogP contribution in [0, 0.1) is 0 Å². The molecule has 0 fully saturated rings. The number of hydrogen-bond donors (Lipinski definition) is 1. The summed E-state index contributed by atoms with van der Waals surface area (Å²) in [6.07, 6.45) is 2.22. The third-order valence-corrected chi connectivity index (χ3v) is 4.47. The van der Waals surface area contributed by atoms with Gasteiger partial charge in [0.2, 0.25) is 0 Å². The van der Waals surface area contributed by atoms with Gasteiger partial charge in [0.1, 0.15) is 13.7 Å². The minimum Gasteiger partial charge on any atom is -0.444 e. The summed E-state index contributed by atoms with van der Waals surface area (Å²) in [6, 6.07) is 9.54. The van der Waals surface area contributed by atoms with Crippen molar-refractivity contribution in [2.45, 2.75) is 25.9 Å². The molecule has 0 bridgehead atoms. The molecule has 0 radical (unpaired) electrons. The van der Waals surface area contributed by atoms with Crippen molar-refractivity contribution < 1.29 is 14.4 Å². The van der Waals surface area contributed by atoms with E-state index in [2.05, 4.69) is 15.5 Å². The van der Waals surface area contributed by atoms with Gasteiger partial charge in [0, 0.05) is 0 Å². The lowest BCUT2D eigenvalue weighted by molar-refractivity contribution is 0.155. The Hall–Kier alpha value is -2.41. The van der Waals surface area contributed by atoms with Crippen LogP contribution in [-0.4, -0.2) is 23.9 Å². The fourth-order valence-corrected chi connectivity index (χ4v) is 3.39. The van der Waals surface area contributed by atoms with Gasteiger partial charge in [-0.1, -0.05) is 46.8 Å². The second kappa shape index (κ2) is 7.23. The van der Waals surface area contributed by atoms with Crippen LogP contribution >= 0.6 is 11.3 Å². The molecular formula is C16H17N3O3S. The van der Waals surface area contributed by atoms with Crippen molar-refractivity contribution in [1.29, 1.82) is 0 Å². The van der Waals surface area contributed by atoms with Gasteiger partial charge in [0.15, 0.2) is 5.13 Å². The highest BCUT2D eigenvalue weighted by Crippen LogP contribution is 2.30. The molecule has 1 N–H and O–H groups in total. The number of amides is 1. The fraction of sp³-hybridized carbons (Fsp3) is 0.312. The summed E-state index contributed by atoms with van der Waals surface area (Å²) < 4.78 is 5.20. The van der Waals surface area contributed by atoms with E-state index < -0.39 is 6.09 Å². The van der Waals surface area contributed by atoms with Crippen molar-refractivity contribution >= 4 is 28.3 Å². The summed E-state index contributed by atoms with van der Waals surface area (Å²) in [5, 5.41) is 7.25. The summed E-state index contributed by atoms with van der Waals surface area (Å²) >= 11 is 1.40. The molecule has 0 atom stereocenters. The summed E-state index contributed by atoms with van der Waals surface area (Å²) in [4.78, 5) is 22.2. The number of carbonyl (C=O) groups is 1. The zero-order valence-corrected chi connectivity index (χ0v) is 13.6. The predicted octanol–water partition coefficient (Wildman–Crippen LogP) is 3.58. The van der Waals surface area contributed by atoms with Gasteiger partial charge in [-0.3, -0.25) is 5.32 Å². The number of carbonyl (C=O) groups excluding carboxylic acids is 1.